The van der Waals surface area contributed by atoms with Gasteiger partial charge < -0.3 is 15.0 Å². The summed E-state index contributed by atoms with van der Waals surface area (Å²) in [5.74, 6) is -0.218. The van der Waals surface area contributed by atoms with E-state index in [0.717, 1.165) is 57.2 Å². The van der Waals surface area contributed by atoms with Gasteiger partial charge in [0.25, 0.3) is 0 Å². The zero-order chi connectivity index (χ0) is 19.3. The van der Waals surface area contributed by atoms with E-state index in [1.165, 1.54) is 4.90 Å². The van der Waals surface area contributed by atoms with Crippen LogP contribution in [0.25, 0.3) is 0 Å². The highest BCUT2D eigenvalue weighted by Gasteiger charge is 2.40. The number of hydrogen-bond acceptors (Lipinski definition) is 4. The molecule has 3 rings (SSSR count). The van der Waals surface area contributed by atoms with Crippen LogP contribution in [0.1, 0.15) is 26.7 Å². The van der Waals surface area contributed by atoms with Gasteiger partial charge in [0, 0.05) is 17.8 Å². The quantitative estimate of drug-likeness (QED) is 0.755. The van der Waals surface area contributed by atoms with Gasteiger partial charge in [0.15, 0.2) is 0 Å². The Kier molecular flexibility index (Phi) is 6.73. The Morgan fingerprint density at radius 2 is 1.96 bits per heavy atom. The Labute approximate surface area is 167 Å². The van der Waals surface area contributed by atoms with Crippen LogP contribution < -0.4 is 10.2 Å². The second-order valence-electron chi connectivity index (χ2n) is 8.26. The predicted molar refractivity (Wildman–Crippen MR) is 113 cm³/mol. The summed E-state index contributed by atoms with van der Waals surface area (Å²) in [7, 11) is 0. The van der Waals surface area contributed by atoms with Crippen molar-refractivity contribution in [2.75, 3.05) is 44.7 Å². The first-order valence-electron chi connectivity index (χ1n) is 9.78. The highest BCUT2D eigenvalue weighted by molar-refractivity contribution is 7.80. The van der Waals surface area contributed by atoms with E-state index in [9.17, 15) is 4.79 Å². The topological polar surface area (TPSA) is 55.1 Å². The number of ketones is 1. The minimum absolute atomic E-state index is 0.0550. The molecule has 0 aromatic heterocycles. The number of nitrogens with one attached hydrogen (secondary N) is 2. The molecule has 1 aromatic rings. The lowest BCUT2D eigenvalue weighted by Crippen LogP contribution is -3.14. The van der Waals surface area contributed by atoms with Crippen molar-refractivity contribution in [2.24, 2.45) is 16.3 Å². The van der Waals surface area contributed by atoms with Crippen molar-refractivity contribution < 1.29 is 14.4 Å². The molecule has 27 heavy (non-hydrogen) atoms. The Bertz CT molecular complexity index is 697. The van der Waals surface area contributed by atoms with Crippen molar-refractivity contribution in [3.05, 3.63) is 30.3 Å². The first-order chi connectivity index (χ1) is 12.9. The number of quaternary nitrogens is 1. The van der Waals surface area contributed by atoms with Crippen LogP contribution in [0.15, 0.2) is 35.3 Å². The van der Waals surface area contributed by atoms with Crippen LogP contribution in [0.5, 0.6) is 0 Å². The highest BCUT2D eigenvalue weighted by atomic mass is 32.1. The van der Waals surface area contributed by atoms with E-state index in [0.29, 0.717) is 11.4 Å². The number of carbonyl (C=O) groups excluding carboxylic acids is 1. The van der Waals surface area contributed by atoms with Gasteiger partial charge in [0.05, 0.1) is 31.3 Å². The molecule has 0 amide bonds. The molecular weight excluding hydrogens is 358 g/mol. The lowest BCUT2D eigenvalue weighted by Gasteiger charge is -2.35. The number of anilines is 1. The summed E-state index contributed by atoms with van der Waals surface area (Å²) in [4.78, 5) is 19.9. The minimum Gasteiger partial charge on any atom is -0.370 e. The highest BCUT2D eigenvalue weighted by Crippen LogP contribution is 2.35. The number of nitrogens with zero attached hydrogens (tertiary/aromatic N) is 1. The average Bonchev–Trinajstić information content (AvgIpc) is 2.62. The van der Waals surface area contributed by atoms with Crippen LogP contribution >= 0.6 is 12.2 Å². The smallest absolute Gasteiger partial charge is 0.148 e. The molecule has 1 aromatic carbocycles. The number of rotatable bonds is 5. The molecule has 2 fully saturated rings. The van der Waals surface area contributed by atoms with E-state index in [-0.39, 0.29) is 11.2 Å². The van der Waals surface area contributed by atoms with Crippen LogP contribution in [-0.2, 0) is 9.53 Å². The number of benzene rings is 1. The standard InChI is InChI=1S/C21H29N3O2S/c1-21(2)14-17(22-8-9-24-10-12-26-13-11-24)19(18(25)15-21)20(27)23-16-6-4-3-5-7-16/h3-7,19H,8-15H2,1-2H3,(H,23,27)/p+1. The van der Waals surface area contributed by atoms with Crippen LogP contribution in [0.4, 0.5) is 5.69 Å². The number of hydrogen-bond donors (Lipinski definition) is 2. The fourth-order valence-corrected chi connectivity index (χ4v) is 4.25. The molecule has 1 saturated carbocycles. The molecule has 1 atom stereocenters. The number of morpholine rings is 1. The van der Waals surface area contributed by atoms with E-state index < -0.39 is 5.92 Å². The van der Waals surface area contributed by atoms with Gasteiger partial charge in [-0.05, 0) is 24.0 Å². The van der Waals surface area contributed by atoms with E-state index in [1.807, 2.05) is 30.3 Å². The van der Waals surface area contributed by atoms with Crippen LogP contribution in [0, 0.1) is 11.3 Å². The zero-order valence-electron chi connectivity index (χ0n) is 16.3. The SMILES string of the molecule is CC1(C)CC(=O)C(C(=S)Nc2ccccc2)C(=NCC[NH+]2CCOCC2)C1. The van der Waals surface area contributed by atoms with Gasteiger partial charge in [0.1, 0.15) is 24.8 Å². The molecule has 5 nitrogen and oxygen atoms in total. The maximum absolute atomic E-state index is 12.9. The van der Waals surface area contributed by atoms with Crippen molar-refractivity contribution in [3.8, 4) is 0 Å². The summed E-state index contributed by atoms with van der Waals surface area (Å²) in [5.41, 5.74) is 1.80. The first-order valence-corrected chi connectivity index (χ1v) is 10.2. The van der Waals surface area contributed by atoms with Gasteiger partial charge in [-0.2, -0.15) is 0 Å². The summed E-state index contributed by atoms with van der Waals surface area (Å²) >= 11 is 5.63. The van der Waals surface area contributed by atoms with Crippen molar-refractivity contribution >= 4 is 34.4 Å². The van der Waals surface area contributed by atoms with Gasteiger partial charge in [-0.25, -0.2) is 0 Å². The second-order valence-corrected chi connectivity index (χ2v) is 8.70. The zero-order valence-corrected chi connectivity index (χ0v) is 17.1. The molecule has 1 unspecified atom stereocenters. The van der Waals surface area contributed by atoms with E-state index in [4.69, 9.17) is 21.9 Å². The molecule has 1 aliphatic carbocycles. The molecular formula is C21H30N3O2S+. The monoisotopic (exact) mass is 388 g/mol. The third kappa shape index (κ3) is 5.67. The molecule has 146 valence electrons. The van der Waals surface area contributed by atoms with E-state index in [2.05, 4.69) is 19.2 Å². The molecule has 0 radical (unpaired) electrons. The normalized spacial score (nSPS) is 24.7. The fourth-order valence-electron chi connectivity index (χ4n) is 3.86. The number of aliphatic imine (C=N–C) groups is 1. The van der Waals surface area contributed by atoms with Gasteiger partial charge in [-0.1, -0.05) is 44.3 Å². The Morgan fingerprint density at radius 1 is 1.26 bits per heavy atom. The number of para-hydroxylation sites is 1. The van der Waals surface area contributed by atoms with E-state index in [1.54, 1.807) is 0 Å². The van der Waals surface area contributed by atoms with Crippen molar-refractivity contribution in [1.82, 2.24) is 0 Å². The fraction of sp³-hybridized carbons (Fsp3) is 0.571. The number of thiocarbonyl (C=S) groups is 1. The summed E-state index contributed by atoms with van der Waals surface area (Å²) in [6, 6.07) is 9.79. The van der Waals surface area contributed by atoms with Crippen LogP contribution in [-0.4, -0.2) is 55.9 Å². The van der Waals surface area contributed by atoms with Gasteiger partial charge >= 0.3 is 0 Å². The van der Waals surface area contributed by atoms with Gasteiger partial charge in [-0.3, -0.25) is 9.79 Å². The number of carbonyl (C=O) groups is 1. The Morgan fingerprint density at radius 3 is 2.67 bits per heavy atom. The van der Waals surface area contributed by atoms with Crippen LogP contribution in [0.2, 0.25) is 0 Å². The molecule has 2 N–H and O–H groups in total. The molecule has 6 heteroatoms. The average molecular weight is 389 g/mol. The molecule has 0 bridgehead atoms. The lowest BCUT2D eigenvalue weighted by atomic mass is 9.71. The third-order valence-corrected chi connectivity index (χ3v) is 5.59. The Balaban J connectivity index is 1.70. The van der Waals surface area contributed by atoms with Crippen molar-refractivity contribution in [1.29, 1.82) is 0 Å². The largest absolute Gasteiger partial charge is 0.370 e. The molecule has 2 aliphatic rings. The molecule has 1 aliphatic heterocycles. The molecule has 0 spiro atoms. The van der Waals surface area contributed by atoms with Gasteiger partial charge in [0.2, 0.25) is 0 Å². The predicted octanol–water partition coefficient (Wildman–Crippen LogP) is 1.79. The number of ether oxygens (including phenoxy) is 1. The van der Waals surface area contributed by atoms with Crippen LogP contribution in [0.3, 0.4) is 0 Å². The summed E-state index contributed by atoms with van der Waals surface area (Å²) in [6.07, 6.45) is 1.36. The Hall–Kier alpha value is -1.63. The summed E-state index contributed by atoms with van der Waals surface area (Å²) in [6.45, 7) is 9.70. The van der Waals surface area contributed by atoms with E-state index >= 15 is 0 Å². The maximum atomic E-state index is 12.9. The van der Waals surface area contributed by atoms with Crippen molar-refractivity contribution in [3.63, 3.8) is 0 Å². The van der Waals surface area contributed by atoms with Gasteiger partial charge in [-0.15, -0.1) is 0 Å². The van der Waals surface area contributed by atoms with Crippen molar-refractivity contribution in [2.45, 2.75) is 26.7 Å². The number of Topliss-reactive ketones (excluding diaryl/α,β-unsaturated/α-hetero) is 1. The molecule has 1 saturated heterocycles. The minimum atomic E-state index is -0.395. The third-order valence-electron chi connectivity index (χ3n) is 5.25. The molecule has 1 heterocycles. The summed E-state index contributed by atoms with van der Waals surface area (Å²) < 4.78 is 5.42. The second kappa shape index (κ2) is 9.04. The first kappa shape index (κ1) is 20.1. The summed E-state index contributed by atoms with van der Waals surface area (Å²) in [5, 5.41) is 3.25. The maximum Gasteiger partial charge on any atom is 0.148 e. The lowest BCUT2D eigenvalue weighted by molar-refractivity contribution is -0.906.